The van der Waals surface area contributed by atoms with Crippen LogP contribution in [0.3, 0.4) is 0 Å². The van der Waals surface area contributed by atoms with E-state index in [1.807, 2.05) is 13.2 Å². The Morgan fingerprint density at radius 1 is 1.50 bits per heavy atom. The first kappa shape index (κ1) is 8.27. The number of aliphatic hydroxyl groups is 1. The largest absolute Gasteiger partial charge is 0.379 e. The van der Waals surface area contributed by atoms with Gasteiger partial charge in [0.25, 0.3) is 0 Å². The second-order valence-electron chi connectivity index (χ2n) is 1.72. The van der Waals surface area contributed by atoms with E-state index in [0.717, 1.165) is 0 Å². The molecule has 0 aromatic carbocycles. The molecule has 0 aliphatic carbocycles. The number of aliphatic hydroxyl groups excluding tert-OH is 1. The van der Waals surface area contributed by atoms with Gasteiger partial charge < -0.3 is 5.11 Å². The van der Waals surface area contributed by atoms with Gasteiger partial charge in [0.05, 0.1) is 5.37 Å². The minimum atomic E-state index is -0.391. The monoisotopic (exact) mass is 135 g/mol. The van der Waals surface area contributed by atoms with Gasteiger partial charge >= 0.3 is 0 Å². The lowest BCUT2D eigenvalue weighted by molar-refractivity contribution is 0.155. The van der Waals surface area contributed by atoms with Crippen LogP contribution >= 0.6 is 11.8 Å². The summed E-state index contributed by atoms with van der Waals surface area (Å²) < 4.78 is 0. The average Bonchev–Trinajstić information content (AvgIpc) is 1.65. The van der Waals surface area contributed by atoms with Crippen LogP contribution in [-0.2, 0) is 0 Å². The fourth-order valence-corrected chi connectivity index (χ4v) is 0.741. The highest BCUT2D eigenvalue weighted by Crippen LogP contribution is 2.00. The summed E-state index contributed by atoms with van der Waals surface area (Å²) in [5.41, 5.74) is 0. The van der Waals surface area contributed by atoms with Crippen LogP contribution in [0.15, 0.2) is 0 Å². The molecule has 0 amide bonds. The van der Waals surface area contributed by atoms with E-state index < -0.39 is 6.23 Å². The molecule has 0 aromatic heterocycles. The SMILES string of the molecule is CSC(C)NC(C)O. The Morgan fingerprint density at radius 2 is 2.00 bits per heavy atom. The number of rotatable bonds is 3. The summed E-state index contributed by atoms with van der Waals surface area (Å²) in [5, 5.41) is 12.0. The van der Waals surface area contributed by atoms with E-state index in [0.29, 0.717) is 5.37 Å². The van der Waals surface area contributed by atoms with Crippen LogP contribution in [0.5, 0.6) is 0 Å². The molecule has 0 aromatic rings. The van der Waals surface area contributed by atoms with Gasteiger partial charge in [-0.05, 0) is 20.1 Å². The van der Waals surface area contributed by atoms with Crippen LogP contribution < -0.4 is 5.32 Å². The quantitative estimate of drug-likeness (QED) is 0.556. The normalized spacial score (nSPS) is 18.0. The smallest absolute Gasteiger partial charge is 0.102 e. The lowest BCUT2D eigenvalue weighted by Crippen LogP contribution is -2.31. The molecule has 8 heavy (non-hydrogen) atoms. The van der Waals surface area contributed by atoms with E-state index >= 15 is 0 Å². The topological polar surface area (TPSA) is 32.3 Å². The van der Waals surface area contributed by atoms with Crippen molar-refractivity contribution in [3.63, 3.8) is 0 Å². The molecule has 0 heterocycles. The zero-order valence-electron chi connectivity index (χ0n) is 5.51. The number of hydrogen-bond acceptors (Lipinski definition) is 3. The van der Waals surface area contributed by atoms with E-state index in [-0.39, 0.29) is 0 Å². The Kier molecular flexibility index (Phi) is 4.32. The molecule has 0 bridgehead atoms. The Hall–Kier alpha value is 0.270. The van der Waals surface area contributed by atoms with Gasteiger partial charge in [-0.25, -0.2) is 0 Å². The van der Waals surface area contributed by atoms with Crippen molar-refractivity contribution in [1.29, 1.82) is 0 Å². The summed E-state index contributed by atoms with van der Waals surface area (Å²) >= 11 is 1.68. The predicted octanol–water partition coefficient (Wildman–Crippen LogP) is 0.623. The molecule has 2 nitrogen and oxygen atoms in total. The highest BCUT2D eigenvalue weighted by atomic mass is 32.2. The standard InChI is InChI=1S/C5H13NOS/c1-4(7)6-5(2)8-3/h4-7H,1-3H3. The molecule has 0 aliphatic heterocycles. The zero-order valence-corrected chi connectivity index (χ0v) is 6.33. The summed E-state index contributed by atoms with van der Waals surface area (Å²) in [6.07, 6.45) is 1.61. The zero-order chi connectivity index (χ0) is 6.57. The van der Waals surface area contributed by atoms with Gasteiger partial charge in [0.15, 0.2) is 0 Å². The van der Waals surface area contributed by atoms with Crippen LogP contribution in [0.2, 0.25) is 0 Å². The molecule has 3 heteroatoms. The molecule has 0 aliphatic rings. The third kappa shape index (κ3) is 4.43. The summed E-state index contributed by atoms with van der Waals surface area (Å²) in [7, 11) is 0. The fourth-order valence-electron chi connectivity index (χ4n) is 0.408. The molecule has 2 unspecified atom stereocenters. The van der Waals surface area contributed by atoms with E-state index in [1.165, 1.54) is 0 Å². The molecule has 2 atom stereocenters. The molecular formula is C5H13NOS. The molecule has 0 spiro atoms. The molecule has 50 valence electrons. The second-order valence-corrected chi connectivity index (χ2v) is 2.90. The maximum absolute atomic E-state index is 8.73. The van der Waals surface area contributed by atoms with Crippen LogP contribution in [0.4, 0.5) is 0 Å². The van der Waals surface area contributed by atoms with Gasteiger partial charge in [0, 0.05) is 0 Å². The first-order valence-corrected chi connectivity index (χ1v) is 3.92. The van der Waals surface area contributed by atoms with Crippen molar-refractivity contribution in [2.24, 2.45) is 0 Å². The Bertz CT molecular complexity index is 58.4. The van der Waals surface area contributed by atoms with Gasteiger partial charge in [0.2, 0.25) is 0 Å². The van der Waals surface area contributed by atoms with Crippen LogP contribution in [-0.4, -0.2) is 23.0 Å². The molecular weight excluding hydrogens is 122 g/mol. The van der Waals surface area contributed by atoms with Crippen molar-refractivity contribution in [2.75, 3.05) is 6.26 Å². The van der Waals surface area contributed by atoms with Crippen molar-refractivity contribution in [3.05, 3.63) is 0 Å². The lowest BCUT2D eigenvalue weighted by atomic mass is 10.6. The van der Waals surface area contributed by atoms with Gasteiger partial charge in [-0.3, -0.25) is 5.32 Å². The van der Waals surface area contributed by atoms with Crippen molar-refractivity contribution < 1.29 is 5.11 Å². The third-order valence-corrected chi connectivity index (χ3v) is 1.67. The maximum Gasteiger partial charge on any atom is 0.102 e. The molecule has 0 rings (SSSR count). The third-order valence-electron chi connectivity index (χ3n) is 0.829. The molecule has 0 saturated carbocycles. The number of hydrogen-bond donors (Lipinski definition) is 2. The number of nitrogens with one attached hydrogen (secondary N) is 1. The molecule has 0 fully saturated rings. The minimum Gasteiger partial charge on any atom is -0.379 e. The van der Waals surface area contributed by atoms with Gasteiger partial charge in [0.1, 0.15) is 6.23 Å². The van der Waals surface area contributed by atoms with Crippen molar-refractivity contribution in [1.82, 2.24) is 5.32 Å². The Morgan fingerprint density at radius 3 is 2.12 bits per heavy atom. The minimum absolute atomic E-state index is 0.343. The Labute approximate surface area is 54.7 Å². The van der Waals surface area contributed by atoms with Crippen LogP contribution in [0, 0.1) is 0 Å². The van der Waals surface area contributed by atoms with Crippen LogP contribution in [0.25, 0.3) is 0 Å². The van der Waals surface area contributed by atoms with Crippen molar-refractivity contribution in [3.8, 4) is 0 Å². The molecule has 0 radical (unpaired) electrons. The van der Waals surface area contributed by atoms with E-state index in [1.54, 1.807) is 18.7 Å². The second kappa shape index (κ2) is 4.18. The lowest BCUT2D eigenvalue weighted by Gasteiger charge is -2.12. The van der Waals surface area contributed by atoms with E-state index in [9.17, 15) is 0 Å². The highest BCUT2D eigenvalue weighted by Gasteiger charge is 1.99. The summed E-state index contributed by atoms with van der Waals surface area (Å²) in [6, 6.07) is 0. The van der Waals surface area contributed by atoms with Crippen molar-refractivity contribution in [2.45, 2.75) is 25.4 Å². The maximum atomic E-state index is 8.73. The van der Waals surface area contributed by atoms with E-state index in [2.05, 4.69) is 5.32 Å². The highest BCUT2D eigenvalue weighted by molar-refractivity contribution is 7.99. The first-order chi connectivity index (χ1) is 3.66. The summed E-state index contributed by atoms with van der Waals surface area (Å²) in [4.78, 5) is 0. The van der Waals surface area contributed by atoms with E-state index in [4.69, 9.17) is 5.11 Å². The van der Waals surface area contributed by atoms with Gasteiger partial charge in [-0.15, -0.1) is 11.8 Å². The molecule has 2 N–H and O–H groups in total. The Balaban J connectivity index is 3.10. The number of thioether (sulfide) groups is 1. The van der Waals surface area contributed by atoms with Crippen LogP contribution in [0.1, 0.15) is 13.8 Å². The summed E-state index contributed by atoms with van der Waals surface area (Å²) in [5.74, 6) is 0. The fraction of sp³-hybridized carbons (Fsp3) is 1.00. The van der Waals surface area contributed by atoms with Gasteiger partial charge in [-0.1, -0.05) is 0 Å². The average molecular weight is 135 g/mol. The summed E-state index contributed by atoms with van der Waals surface area (Å²) in [6.45, 7) is 3.73. The van der Waals surface area contributed by atoms with Crippen molar-refractivity contribution >= 4 is 11.8 Å². The predicted molar refractivity (Wildman–Crippen MR) is 37.8 cm³/mol. The first-order valence-electron chi connectivity index (χ1n) is 2.63. The van der Waals surface area contributed by atoms with Gasteiger partial charge in [-0.2, -0.15) is 0 Å². The molecule has 0 saturated heterocycles.